The lowest BCUT2D eigenvalue weighted by Gasteiger charge is -2.37. The van der Waals surface area contributed by atoms with E-state index < -0.39 is 5.60 Å². The van der Waals surface area contributed by atoms with E-state index in [1.54, 1.807) is 0 Å². The van der Waals surface area contributed by atoms with Gasteiger partial charge in [0.25, 0.3) is 0 Å². The first-order valence-electron chi connectivity index (χ1n) is 13.6. The minimum absolute atomic E-state index is 0.177. The van der Waals surface area contributed by atoms with Crippen LogP contribution in [0.2, 0.25) is 0 Å². The zero-order valence-corrected chi connectivity index (χ0v) is 21.4. The molecule has 0 aromatic heterocycles. The van der Waals surface area contributed by atoms with Gasteiger partial charge < -0.3 is 4.74 Å². The second-order valence-electron chi connectivity index (χ2n) is 10.4. The maximum Gasteiger partial charge on any atom is 0.178 e. The van der Waals surface area contributed by atoms with E-state index in [1.807, 2.05) is 0 Å². The highest BCUT2D eigenvalue weighted by molar-refractivity contribution is 6.06. The monoisotopic (exact) mass is 498 g/mol. The summed E-state index contributed by atoms with van der Waals surface area (Å²) in [5, 5.41) is 2.40. The minimum Gasteiger partial charge on any atom is -0.472 e. The van der Waals surface area contributed by atoms with Gasteiger partial charge in [0, 0.05) is 28.0 Å². The summed E-state index contributed by atoms with van der Waals surface area (Å²) in [4.78, 5) is 0. The van der Waals surface area contributed by atoms with Crippen LogP contribution in [0.1, 0.15) is 39.3 Å². The van der Waals surface area contributed by atoms with Crippen molar-refractivity contribution in [2.24, 2.45) is 0 Å². The van der Waals surface area contributed by atoms with Gasteiger partial charge in [0.05, 0.1) is 0 Å². The Hall–Kier alpha value is -4.88. The lowest BCUT2D eigenvalue weighted by atomic mass is 9.81. The van der Waals surface area contributed by atoms with Crippen molar-refractivity contribution in [3.63, 3.8) is 0 Å². The lowest BCUT2D eigenvalue weighted by molar-refractivity contribution is 0.163. The molecule has 39 heavy (non-hydrogen) atoms. The fourth-order valence-corrected chi connectivity index (χ4v) is 6.68. The Morgan fingerprint density at radius 1 is 0.538 bits per heavy atom. The Labute approximate surface area is 228 Å². The van der Waals surface area contributed by atoms with Crippen molar-refractivity contribution >= 4 is 16.8 Å². The summed E-state index contributed by atoms with van der Waals surface area (Å²) < 4.78 is 7.30. The number of ether oxygens (including phenoxy) is 1. The Morgan fingerprint density at radius 3 is 1.79 bits per heavy atom. The molecule has 184 valence electrons. The summed E-state index contributed by atoms with van der Waals surface area (Å²) in [5.41, 5.74) is 9.31. The van der Waals surface area contributed by atoms with Gasteiger partial charge in [-0.05, 0) is 45.4 Å². The third-order valence-electron chi connectivity index (χ3n) is 8.36. The molecule has 0 radical (unpaired) electrons. The maximum atomic E-state index is 7.30. The largest absolute Gasteiger partial charge is 0.472 e. The molecule has 0 bridgehead atoms. The highest BCUT2D eigenvalue weighted by Gasteiger charge is 2.41. The molecule has 1 unspecified atom stereocenters. The molecule has 1 nitrogen and oxygen atoms in total. The van der Waals surface area contributed by atoms with Crippen molar-refractivity contribution in [3.8, 4) is 16.9 Å². The summed E-state index contributed by atoms with van der Waals surface area (Å²) in [6.07, 6.45) is 4.57. The van der Waals surface area contributed by atoms with Crippen LogP contribution >= 0.6 is 0 Å². The molecule has 0 spiro atoms. The van der Waals surface area contributed by atoms with Crippen molar-refractivity contribution in [3.05, 3.63) is 179 Å². The predicted molar refractivity (Wildman–Crippen MR) is 160 cm³/mol. The van der Waals surface area contributed by atoms with Gasteiger partial charge in [-0.3, -0.25) is 0 Å². The Kier molecular flexibility index (Phi) is 4.87. The highest BCUT2D eigenvalue weighted by atomic mass is 16.5. The van der Waals surface area contributed by atoms with Crippen LogP contribution in [0, 0.1) is 0 Å². The normalized spacial score (nSPS) is 16.3. The minimum atomic E-state index is -0.719. The molecule has 1 atom stereocenters. The molecular formula is C38H26O. The first-order valence-corrected chi connectivity index (χ1v) is 13.6. The Balaban J connectivity index is 1.46. The van der Waals surface area contributed by atoms with Gasteiger partial charge in [0.1, 0.15) is 5.75 Å². The molecule has 0 amide bonds. The lowest BCUT2D eigenvalue weighted by Crippen LogP contribution is -2.34. The Bertz CT molecular complexity index is 1830. The number of hydrogen-bond donors (Lipinski definition) is 0. The maximum absolute atomic E-state index is 7.30. The van der Waals surface area contributed by atoms with Crippen LogP contribution in [0.25, 0.3) is 28.0 Å². The molecule has 0 saturated heterocycles. The van der Waals surface area contributed by atoms with Crippen molar-refractivity contribution in [1.29, 1.82) is 0 Å². The van der Waals surface area contributed by atoms with E-state index in [-0.39, 0.29) is 5.92 Å². The zero-order chi connectivity index (χ0) is 25.8. The molecule has 6 aromatic rings. The van der Waals surface area contributed by atoms with Gasteiger partial charge >= 0.3 is 0 Å². The molecule has 0 saturated carbocycles. The first-order chi connectivity index (χ1) is 19.4. The van der Waals surface area contributed by atoms with E-state index >= 15 is 0 Å². The highest BCUT2D eigenvalue weighted by Crippen LogP contribution is 2.57. The molecule has 1 aliphatic carbocycles. The number of hydrogen-bond acceptors (Lipinski definition) is 1. The molecule has 8 rings (SSSR count). The van der Waals surface area contributed by atoms with Crippen molar-refractivity contribution < 1.29 is 4.74 Å². The van der Waals surface area contributed by atoms with Gasteiger partial charge in [-0.15, -0.1) is 0 Å². The van der Waals surface area contributed by atoms with Crippen LogP contribution in [0.3, 0.4) is 0 Å². The van der Waals surface area contributed by atoms with Crippen LogP contribution in [0.5, 0.6) is 5.75 Å². The summed E-state index contributed by atoms with van der Waals surface area (Å²) in [6, 6.07) is 49.7. The molecule has 0 N–H and O–H groups in total. The fourth-order valence-electron chi connectivity index (χ4n) is 6.68. The van der Waals surface area contributed by atoms with Crippen LogP contribution in [0.4, 0.5) is 0 Å². The van der Waals surface area contributed by atoms with Crippen LogP contribution in [-0.2, 0) is 5.60 Å². The molecule has 1 aliphatic heterocycles. The summed E-state index contributed by atoms with van der Waals surface area (Å²) in [7, 11) is 0. The second-order valence-corrected chi connectivity index (χ2v) is 10.4. The summed E-state index contributed by atoms with van der Waals surface area (Å²) in [5.74, 6) is 1.12. The Morgan fingerprint density at radius 2 is 1.10 bits per heavy atom. The summed E-state index contributed by atoms with van der Waals surface area (Å²) in [6.45, 7) is 0. The van der Waals surface area contributed by atoms with Crippen molar-refractivity contribution in [2.45, 2.75) is 11.5 Å². The van der Waals surface area contributed by atoms with Gasteiger partial charge in [-0.25, -0.2) is 0 Å². The fraction of sp³-hybridized carbons (Fsp3) is 0.0526. The number of fused-ring (bicyclic) bond motifs is 8. The van der Waals surface area contributed by atoms with Crippen LogP contribution < -0.4 is 4.74 Å². The first kappa shape index (κ1) is 22.1. The average molecular weight is 499 g/mol. The van der Waals surface area contributed by atoms with E-state index in [0.29, 0.717) is 0 Å². The standard InChI is InChI=1S/C38H26O/c1-4-14-26(15-5-1)34-29-20-10-11-21-30(29)35-33-24-25-38(27-16-6-2-7-17-27,28-18-8-3-9-19-28)39-37(33)32-23-13-12-22-31(32)36(34)35/h1-25,34H. The van der Waals surface area contributed by atoms with E-state index in [0.717, 1.165) is 27.8 Å². The third kappa shape index (κ3) is 3.20. The summed E-state index contributed by atoms with van der Waals surface area (Å²) >= 11 is 0. The number of rotatable bonds is 3. The van der Waals surface area contributed by atoms with Crippen LogP contribution in [0.15, 0.2) is 146 Å². The van der Waals surface area contributed by atoms with Crippen molar-refractivity contribution in [1.82, 2.24) is 0 Å². The van der Waals surface area contributed by atoms with Gasteiger partial charge in [0.2, 0.25) is 0 Å². The van der Waals surface area contributed by atoms with E-state index in [1.165, 1.54) is 33.2 Å². The molecule has 1 heterocycles. The quantitative estimate of drug-likeness (QED) is 0.236. The smallest absolute Gasteiger partial charge is 0.178 e. The van der Waals surface area contributed by atoms with Gasteiger partial charge in [-0.2, -0.15) is 0 Å². The van der Waals surface area contributed by atoms with Crippen molar-refractivity contribution in [2.75, 3.05) is 0 Å². The van der Waals surface area contributed by atoms with E-state index in [2.05, 4.69) is 152 Å². The molecule has 6 aromatic carbocycles. The molecule has 1 heteroatoms. The predicted octanol–water partition coefficient (Wildman–Crippen LogP) is 9.35. The average Bonchev–Trinajstić information content (AvgIpc) is 3.38. The van der Waals surface area contributed by atoms with Gasteiger partial charge in [-0.1, -0.05) is 140 Å². The third-order valence-corrected chi connectivity index (χ3v) is 8.36. The SMILES string of the molecule is C1=CC(c2ccccc2)(c2ccccc2)Oc2c1c1c(c3ccccc23)C(c2ccccc2)c2ccccc2-1. The molecule has 2 aliphatic rings. The van der Waals surface area contributed by atoms with E-state index in [4.69, 9.17) is 4.74 Å². The van der Waals surface area contributed by atoms with E-state index in [9.17, 15) is 0 Å². The number of benzene rings is 6. The topological polar surface area (TPSA) is 9.23 Å². The van der Waals surface area contributed by atoms with Crippen LogP contribution in [-0.4, -0.2) is 0 Å². The van der Waals surface area contributed by atoms with Gasteiger partial charge in [0.15, 0.2) is 5.60 Å². The second kappa shape index (κ2) is 8.58. The molecule has 0 fully saturated rings. The molecular weight excluding hydrogens is 472 g/mol. The zero-order valence-electron chi connectivity index (χ0n) is 21.4.